The number of ether oxygens (including phenoxy) is 1. The van der Waals surface area contributed by atoms with Crippen LogP contribution < -0.4 is 4.74 Å². The molecule has 0 atom stereocenters. The van der Waals surface area contributed by atoms with Crippen LogP contribution in [0.1, 0.15) is 24.5 Å². The predicted molar refractivity (Wildman–Crippen MR) is 56.3 cm³/mol. The Balaban J connectivity index is 2.91. The topological polar surface area (TPSA) is 33.0 Å². The molecule has 0 bridgehead atoms. The second kappa shape index (κ2) is 5.29. The summed E-state index contributed by atoms with van der Waals surface area (Å²) in [6.45, 7) is 2.12. The zero-order chi connectivity index (χ0) is 10.4. The number of hydrogen-bond acceptors (Lipinski definition) is 2. The van der Waals surface area contributed by atoms with Gasteiger partial charge in [-0.1, -0.05) is 19.1 Å². The van der Waals surface area contributed by atoms with E-state index >= 15 is 0 Å². The highest BCUT2D eigenvalue weighted by molar-refractivity contribution is 5.37. The lowest BCUT2D eigenvalue weighted by Gasteiger charge is -2.08. The second-order valence-corrected chi connectivity index (χ2v) is 3.16. The van der Waals surface area contributed by atoms with E-state index in [0.29, 0.717) is 6.42 Å². The third kappa shape index (κ3) is 2.50. The fourth-order valence-electron chi connectivity index (χ4n) is 1.44. The van der Waals surface area contributed by atoms with E-state index in [0.717, 1.165) is 24.2 Å². The van der Waals surface area contributed by atoms with Crippen LogP contribution in [-0.2, 0) is 12.8 Å². The quantitative estimate of drug-likeness (QED) is 0.729. The van der Waals surface area contributed by atoms with Crippen molar-refractivity contribution >= 4 is 0 Å². The minimum atomic E-state index is 0.545. The molecule has 0 heterocycles. The maximum Gasteiger partial charge on any atom is 0.122 e. The van der Waals surface area contributed by atoms with Crippen LogP contribution in [0.5, 0.6) is 5.75 Å². The molecule has 0 saturated heterocycles. The maximum absolute atomic E-state index is 8.53. The van der Waals surface area contributed by atoms with Gasteiger partial charge in [0.05, 0.1) is 13.2 Å². The monoisotopic (exact) mass is 189 g/mol. The third-order valence-corrected chi connectivity index (χ3v) is 2.26. The van der Waals surface area contributed by atoms with Crippen LogP contribution >= 0.6 is 0 Å². The second-order valence-electron chi connectivity index (χ2n) is 3.16. The minimum absolute atomic E-state index is 0.545. The first-order valence-corrected chi connectivity index (χ1v) is 4.84. The molecule has 2 nitrogen and oxygen atoms in total. The molecule has 74 valence electrons. The van der Waals surface area contributed by atoms with Crippen molar-refractivity contribution in [2.45, 2.75) is 26.2 Å². The fraction of sp³-hybridized carbons (Fsp3) is 0.417. The molecule has 1 aromatic carbocycles. The predicted octanol–water partition coefficient (Wildman–Crippen LogP) is 2.71. The van der Waals surface area contributed by atoms with E-state index in [4.69, 9.17) is 10.00 Å². The lowest BCUT2D eigenvalue weighted by atomic mass is 10.0. The van der Waals surface area contributed by atoms with Crippen molar-refractivity contribution in [1.29, 1.82) is 5.26 Å². The molecule has 1 aromatic rings. The van der Waals surface area contributed by atoms with Gasteiger partial charge in [-0.15, -0.1) is 0 Å². The first-order valence-electron chi connectivity index (χ1n) is 4.84. The Labute approximate surface area is 85.1 Å². The van der Waals surface area contributed by atoms with E-state index in [1.807, 2.05) is 6.07 Å². The van der Waals surface area contributed by atoms with Crippen LogP contribution in [0.15, 0.2) is 18.2 Å². The van der Waals surface area contributed by atoms with E-state index in [1.54, 1.807) is 7.11 Å². The summed E-state index contributed by atoms with van der Waals surface area (Å²) in [6, 6.07) is 8.31. The molecular weight excluding hydrogens is 174 g/mol. The van der Waals surface area contributed by atoms with Crippen LogP contribution in [0.3, 0.4) is 0 Å². The molecule has 0 amide bonds. The molecule has 0 aliphatic carbocycles. The van der Waals surface area contributed by atoms with Crippen LogP contribution in [0.4, 0.5) is 0 Å². The van der Waals surface area contributed by atoms with E-state index < -0.39 is 0 Å². The fourth-order valence-corrected chi connectivity index (χ4v) is 1.44. The van der Waals surface area contributed by atoms with Crippen molar-refractivity contribution in [3.63, 3.8) is 0 Å². The van der Waals surface area contributed by atoms with E-state index in [9.17, 15) is 0 Å². The molecular formula is C12H15NO. The van der Waals surface area contributed by atoms with Gasteiger partial charge in [-0.05, 0) is 30.0 Å². The summed E-state index contributed by atoms with van der Waals surface area (Å²) >= 11 is 0. The molecule has 2 heteroatoms. The highest BCUT2D eigenvalue weighted by atomic mass is 16.5. The maximum atomic E-state index is 8.53. The van der Waals surface area contributed by atoms with Gasteiger partial charge in [-0.25, -0.2) is 0 Å². The van der Waals surface area contributed by atoms with Crippen molar-refractivity contribution < 1.29 is 4.74 Å². The zero-order valence-corrected chi connectivity index (χ0v) is 8.71. The molecule has 0 saturated carbocycles. The standard InChI is InChI=1S/C12H15NO/c1-3-10-6-7-12(14-2)11(9-10)5-4-8-13/h6-7,9H,3-5H2,1-2H3. The summed E-state index contributed by atoms with van der Waals surface area (Å²) in [5, 5.41) is 8.53. The Morgan fingerprint density at radius 2 is 2.21 bits per heavy atom. The highest BCUT2D eigenvalue weighted by Crippen LogP contribution is 2.21. The van der Waals surface area contributed by atoms with Crippen molar-refractivity contribution in [1.82, 2.24) is 0 Å². The summed E-state index contributed by atoms with van der Waals surface area (Å²) in [6.07, 6.45) is 2.33. The van der Waals surface area contributed by atoms with Gasteiger partial charge in [0.15, 0.2) is 0 Å². The van der Waals surface area contributed by atoms with Crippen molar-refractivity contribution in [3.8, 4) is 11.8 Å². The average Bonchev–Trinajstić information content (AvgIpc) is 2.25. The Morgan fingerprint density at radius 1 is 1.43 bits per heavy atom. The number of benzene rings is 1. The number of rotatable bonds is 4. The molecule has 0 aliphatic heterocycles. The van der Waals surface area contributed by atoms with Gasteiger partial charge in [0.1, 0.15) is 5.75 Å². The molecule has 0 spiro atoms. The van der Waals surface area contributed by atoms with Gasteiger partial charge < -0.3 is 4.74 Å². The van der Waals surface area contributed by atoms with Crippen molar-refractivity contribution in [3.05, 3.63) is 29.3 Å². The number of methoxy groups -OCH3 is 1. The summed E-state index contributed by atoms with van der Waals surface area (Å²) in [4.78, 5) is 0. The first-order chi connectivity index (χ1) is 6.81. The van der Waals surface area contributed by atoms with Crippen LogP contribution in [0, 0.1) is 11.3 Å². The normalized spacial score (nSPS) is 9.50. The Kier molecular flexibility index (Phi) is 4.00. The average molecular weight is 189 g/mol. The van der Waals surface area contributed by atoms with Crippen molar-refractivity contribution in [2.24, 2.45) is 0 Å². The Bertz CT molecular complexity index is 339. The summed E-state index contributed by atoms with van der Waals surface area (Å²) in [7, 11) is 1.66. The van der Waals surface area contributed by atoms with Crippen LogP contribution in [-0.4, -0.2) is 7.11 Å². The smallest absolute Gasteiger partial charge is 0.122 e. The molecule has 14 heavy (non-hydrogen) atoms. The molecule has 0 N–H and O–H groups in total. The Morgan fingerprint density at radius 3 is 2.79 bits per heavy atom. The Hall–Kier alpha value is -1.49. The van der Waals surface area contributed by atoms with Gasteiger partial charge in [0, 0.05) is 6.42 Å². The van der Waals surface area contributed by atoms with E-state index in [2.05, 4.69) is 25.1 Å². The minimum Gasteiger partial charge on any atom is -0.496 e. The summed E-state index contributed by atoms with van der Waals surface area (Å²) in [5.74, 6) is 0.887. The number of nitrogens with zero attached hydrogens (tertiary/aromatic N) is 1. The van der Waals surface area contributed by atoms with Crippen LogP contribution in [0.25, 0.3) is 0 Å². The third-order valence-electron chi connectivity index (χ3n) is 2.26. The lowest BCUT2D eigenvalue weighted by molar-refractivity contribution is 0.409. The molecule has 0 aromatic heterocycles. The zero-order valence-electron chi connectivity index (χ0n) is 8.71. The van der Waals surface area contributed by atoms with Gasteiger partial charge in [0.25, 0.3) is 0 Å². The first kappa shape index (κ1) is 10.6. The molecule has 1 rings (SSSR count). The number of hydrogen-bond donors (Lipinski definition) is 0. The summed E-state index contributed by atoms with van der Waals surface area (Å²) < 4.78 is 5.23. The van der Waals surface area contributed by atoms with E-state index in [-0.39, 0.29) is 0 Å². The van der Waals surface area contributed by atoms with Gasteiger partial charge in [-0.3, -0.25) is 0 Å². The van der Waals surface area contributed by atoms with E-state index in [1.165, 1.54) is 5.56 Å². The van der Waals surface area contributed by atoms with Gasteiger partial charge in [-0.2, -0.15) is 5.26 Å². The number of aryl methyl sites for hydroxylation is 2. The van der Waals surface area contributed by atoms with Crippen LogP contribution in [0.2, 0.25) is 0 Å². The lowest BCUT2D eigenvalue weighted by Crippen LogP contribution is -1.93. The van der Waals surface area contributed by atoms with Gasteiger partial charge in [0.2, 0.25) is 0 Å². The molecule has 0 aliphatic rings. The van der Waals surface area contributed by atoms with Crippen molar-refractivity contribution in [2.75, 3.05) is 7.11 Å². The highest BCUT2D eigenvalue weighted by Gasteiger charge is 2.03. The molecule has 0 unspecified atom stereocenters. The van der Waals surface area contributed by atoms with Gasteiger partial charge >= 0.3 is 0 Å². The summed E-state index contributed by atoms with van der Waals surface area (Å²) in [5.41, 5.74) is 2.42. The molecule has 0 fully saturated rings. The number of nitriles is 1. The molecule has 0 radical (unpaired) electrons. The largest absolute Gasteiger partial charge is 0.496 e. The SMILES string of the molecule is CCc1ccc(OC)c(CCC#N)c1.